The van der Waals surface area contributed by atoms with Crippen molar-refractivity contribution in [3.05, 3.63) is 48.0 Å². The number of hydrogen-bond acceptors (Lipinski definition) is 3. The summed E-state index contributed by atoms with van der Waals surface area (Å²) in [5, 5.41) is 11.5. The number of amides is 1. The van der Waals surface area contributed by atoms with Crippen LogP contribution in [0.25, 0.3) is 0 Å². The van der Waals surface area contributed by atoms with Gasteiger partial charge in [0.25, 0.3) is 0 Å². The van der Waals surface area contributed by atoms with Gasteiger partial charge in [0, 0.05) is 19.6 Å². The number of carbonyl (C=O) groups excluding carboxylic acids is 1. The normalized spacial score (nSPS) is 10.0. The lowest BCUT2D eigenvalue weighted by molar-refractivity contribution is -0.121. The van der Waals surface area contributed by atoms with Crippen LogP contribution in [0.4, 0.5) is 0 Å². The van der Waals surface area contributed by atoms with Gasteiger partial charge < -0.3 is 15.2 Å². The Kier molecular flexibility index (Phi) is 7.06. The molecule has 0 aliphatic heterocycles. The zero-order valence-electron chi connectivity index (χ0n) is 11.3. The lowest BCUT2D eigenvalue weighted by atomic mass is 10.1. The van der Waals surface area contributed by atoms with Gasteiger partial charge in [0.1, 0.15) is 0 Å². The zero-order valence-corrected chi connectivity index (χ0v) is 11.3. The van der Waals surface area contributed by atoms with E-state index in [0.29, 0.717) is 32.6 Å². The molecule has 0 bridgehead atoms. The Morgan fingerprint density at radius 2 is 2.00 bits per heavy atom. The average molecular weight is 277 g/mol. The predicted molar refractivity (Wildman–Crippen MR) is 75.5 cm³/mol. The monoisotopic (exact) mass is 277 g/mol. The molecule has 5 heteroatoms. The highest BCUT2D eigenvalue weighted by Gasteiger charge is 2.03. The van der Waals surface area contributed by atoms with Crippen LogP contribution in [0.1, 0.15) is 28.8 Å². The van der Waals surface area contributed by atoms with Crippen molar-refractivity contribution in [1.29, 1.82) is 0 Å². The molecule has 0 spiro atoms. The highest BCUT2D eigenvalue weighted by Crippen LogP contribution is 2.04. The van der Waals surface area contributed by atoms with E-state index in [1.165, 1.54) is 12.1 Å². The maximum atomic E-state index is 11.5. The molecule has 20 heavy (non-hydrogen) atoms. The molecule has 5 nitrogen and oxygen atoms in total. The number of benzene rings is 1. The Bertz CT molecular complexity index is 453. The van der Waals surface area contributed by atoms with Crippen molar-refractivity contribution in [1.82, 2.24) is 5.32 Å². The van der Waals surface area contributed by atoms with Crippen LogP contribution in [0.2, 0.25) is 0 Å². The third kappa shape index (κ3) is 6.15. The summed E-state index contributed by atoms with van der Waals surface area (Å²) in [4.78, 5) is 22.2. The van der Waals surface area contributed by atoms with E-state index in [4.69, 9.17) is 9.84 Å². The molecule has 108 valence electrons. The summed E-state index contributed by atoms with van der Waals surface area (Å²) < 4.78 is 5.18. The largest absolute Gasteiger partial charge is 0.478 e. The van der Waals surface area contributed by atoms with Crippen LogP contribution in [-0.4, -0.2) is 30.2 Å². The van der Waals surface area contributed by atoms with Gasteiger partial charge in [0.2, 0.25) is 5.91 Å². The number of nitrogens with one attached hydrogen (secondary N) is 1. The Labute approximate surface area is 118 Å². The number of hydrogen-bond donors (Lipinski definition) is 2. The molecule has 0 saturated heterocycles. The molecule has 0 radical (unpaired) electrons. The summed E-state index contributed by atoms with van der Waals surface area (Å²) >= 11 is 0. The van der Waals surface area contributed by atoms with Crippen LogP contribution in [0.15, 0.2) is 36.9 Å². The second-order valence-electron chi connectivity index (χ2n) is 4.25. The lowest BCUT2D eigenvalue weighted by Crippen LogP contribution is -2.22. The van der Waals surface area contributed by atoms with Crippen LogP contribution in [0.5, 0.6) is 0 Å². The van der Waals surface area contributed by atoms with Crippen LogP contribution in [-0.2, 0) is 16.1 Å². The van der Waals surface area contributed by atoms with Crippen molar-refractivity contribution in [2.24, 2.45) is 0 Å². The lowest BCUT2D eigenvalue weighted by Gasteiger charge is -2.06. The summed E-state index contributed by atoms with van der Waals surface area (Å²) in [5.74, 6) is -1.00. The van der Waals surface area contributed by atoms with E-state index in [9.17, 15) is 9.59 Å². The minimum atomic E-state index is -0.958. The molecule has 0 unspecified atom stereocenters. The molecule has 0 atom stereocenters. The number of rotatable bonds is 9. The Morgan fingerprint density at radius 1 is 1.30 bits per heavy atom. The minimum Gasteiger partial charge on any atom is -0.478 e. The molecule has 2 N–H and O–H groups in total. The second-order valence-corrected chi connectivity index (χ2v) is 4.25. The van der Waals surface area contributed by atoms with E-state index in [1.54, 1.807) is 18.2 Å². The number of ether oxygens (including phenoxy) is 1. The summed E-state index contributed by atoms with van der Waals surface area (Å²) in [6.07, 6.45) is 2.74. The highest BCUT2D eigenvalue weighted by atomic mass is 16.5. The number of carboxylic acid groups (broad SMARTS) is 1. The molecule has 0 aliphatic rings. The maximum Gasteiger partial charge on any atom is 0.335 e. The SMILES string of the molecule is C=CCOCCCC(=O)NCc1ccc(C(=O)O)cc1. The smallest absolute Gasteiger partial charge is 0.335 e. The summed E-state index contributed by atoms with van der Waals surface area (Å²) in [6.45, 7) is 4.96. The third-order valence-electron chi connectivity index (χ3n) is 2.62. The minimum absolute atomic E-state index is 0.0467. The number of carboxylic acids is 1. The number of aromatic carboxylic acids is 1. The average Bonchev–Trinajstić information content (AvgIpc) is 2.45. The van der Waals surface area contributed by atoms with Crippen molar-refractivity contribution in [3.8, 4) is 0 Å². The van der Waals surface area contributed by atoms with Gasteiger partial charge in [-0.3, -0.25) is 4.79 Å². The van der Waals surface area contributed by atoms with E-state index >= 15 is 0 Å². The molecule has 1 rings (SSSR count). The Hall–Kier alpha value is -2.14. The maximum absolute atomic E-state index is 11.5. The van der Waals surface area contributed by atoms with Gasteiger partial charge in [-0.1, -0.05) is 18.2 Å². The third-order valence-corrected chi connectivity index (χ3v) is 2.62. The first kappa shape index (κ1) is 15.9. The number of carbonyl (C=O) groups is 2. The molecule has 0 fully saturated rings. The molecular weight excluding hydrogens is 258 g/mol. The van der Waals surface area contributed by atoms with Gasteiger partial charge in [-0.15, -0.1) is 6.58 Å². The molecule has 0 aliphatic carbocycles. The Balaban J connectivity index is 2.23. The fourth-order valence-corrected chi connectivity index (χ4v) is 1.56. The second kappa shape index (κ2) is 8.87. The standard InChI is InChI=1S/C15H19NO4/c1-2-9-20-10-3-4-14(17)16-11-12-5-7-13(8-6-12)15(18)19/h2,5-8H,1,3-4,9-11H2,(H,16,17)(H,18,19). The van der Waals surface area contributed by atoms with Gasteiger partial charge in [0.15, 0.2) is 0 Å². The zero-order chi connectivity index (χ0) is 14.8. The van der Waals surface area contributed by atoms with Gasteiger partial charge in [-0.05, 0) is 24.1 Å². The summed E-state index contributed by atoms with van der Waals surface area (Å²) in [6, 6.07) is 6.42. The topological polar surface area (TPSA) is 75.6 Å². The molecule has 1 aromatic carbocycles. The highest BCUT2D eigenvalue weighted by molar-refractivity contribution is 5.87. The van der Waals surface area contributed by atoms with Crippen LogP contribution in [0, 0.1) is 0 Å². The Morgan fingerprint density at radius 3 is 2.60 bits per heavy atom. The predicted octanol–water partition coefficient (Wildman–Crippen LogP) is 1.98. The fraction of sp³-hybridized carbons (Fsp3) is 0.333. The van der Waals surface area contributed by atoms with Gasteiger partial charge in [0.05, 0.1) is 12.2 Å². The first-order valence-corrected chi connectivity index (χ1v) is 6.41. The van der Waals surface area contributed by atoms with E-state index in [1.807, 2.05) is 0 Å². The van der Waals surface area contributed by atoms with E-state index in [-0.39, 0.29) is 11.5 Å². The quantitative estimate of drug-likeness (QED) is 0.534. The summed E-state index contributed by atoms with van der Waals surface area (Å²) in [5.41, 5.74) is 1.10. The first-order chi connectivity index (χ1) is 9.63. The van der Waals surface area contributed by atoms with Crippen molar-refractivity contribution in [3.63, 3.8) is 0 Å². The molecule has 0 saturated carbocycles. The van der Waals surface area contributed by atoms with E-state index < -0.39 is 5.97 Å². The van der Waals surface area contributed by atoms with Gasteiger partial charge >= 0.3 is 5.97 Å². The van der Waals surface area contributed by atoms with Crippen molar-refractivity contribution in [2.75, 3.05) is 13.2 Å². The van der Waals surface area contributed by atoms with Crippen LogP contribution < -0.4 is 5.32 Å². The molecular formula is C15H19NO4. The first-order valence-electron chi connectivity index (χ1n) is 6.41. The van der Waals surface area contributed by atoms with Crippen molar-refractivity contribution in [2.45, 2.75) is 19.4 Å². The van der Waals surface area contributed by atoms with Crippen molar-refractivity contribution < 1.29 is 19.4 Å². The summed E-state index contributed by atoms with van der Waals surface area (Å²) in [7, 11) is 0. The van der Waals surface area contributed by atoms with E-state index in [2.05, 4.69) is 11.9 Å². The molecule has 0 aromatic heterocycles. The molecule has 1 aromatic rings. The van der Waals surface area contributed by atoms with Gasteiger partial charge in [-0.25, -0.2) is 4.79 Å². The molecule has 0 heterocycles. The van der Waals surface area contributed by atoms with Gasteiger partial charge in [-0.2, -0.15) is 0 Å². The van der Waals surface area contributed by atoms with Crippen LogP contribution >= 0.6 is 0 Å². The van der Waals surface area contributed by atoms with Crippen molar-refractivity contribution >= 4 is 11.9 Å². The fourth-order valence-electron chi connectivity index (χ4n) is 1.56. The van der Waals surface area contributed by atoms with E-state index in [0.717, 1.165) is 5.56 Å². The van der Waals surface area contributed by atoms with Crippen LogP contribution in [0.3, 0.4) is 0 Å². The molecule has 1 amide bonds.